The molecule has 2 heteroatoms. The molecule has 1 aliphatic carbocycles. The summed E-state index contributed by atoms with van der Waals surface area (Å²) in [6.45, 7) is 14.3. The Bertz CT molecular complexity index is 1240. The normalized spacial score (nSPS) is 19.2. The number of hydrogen-bond acceptors (Lipinski definition) is 0. The van der Waals surface area contributed by atoms with Gasteiger partial charge in [0, 0.05) is 0 Å². The molecule has 0 aromatic heterocycles. The van der Waals surface area contributed by atoms with Crippen molar-refractivity contribution >= 4 is 23.6 Å². The van der Waals surface area contributed by atoms with Gasteiger partial charge < -0.3 is 0 Å². The standard InChI is InChI=1S/C29H31Si.3CH3.Ti/c1-21-12-10-16-27(18-21)30(26-14-8-7-9-15-26,28-17-11-13-22(2)19-28)29(6)20-23(3)24(4)25(29)5;;;;/h7-19H,1-6H3;3*1H3;. The number of aryl methyl sites for hydroxylation is 2. The van der Waals surface area contributed by atoms with Gasteiger partial charge in [-0.2, -0.15) is 0 Å². The summed E-state index contributed by atoms with van der Waals surface area (Å²) in [5, 5.41) is 12.3. The third-order valence-electron chi connectivity index (χ3n) is 8.36. The molecule has 0 N–H and O–H groups in total. The first-order chi connectivity index (χ1) is 16.0. The van der Waals surface area contributed by atoms with Crippen molar-refractivity contribution in [1.82, 2.24) is 0 Å². The molecule has 0 saturated heterocycles. The Hall–Kier alpha value is -1.93. The molecule has 0 bridgehead atoms. The van der Waals surface area contributed by atoms with Gasteiger partial charge in [0.1, 0.15) is 0 Å². The van der Waals surface area contributed by atoms with Gasteiger partial charge >= 0.3 is 213 Å². The molecule has 0 radical (unpaired) electrons. The first-order valence-electron chi connectivity index (χ1n) is 12.6. The number of benzene rings is 3. The van der Waals surface area contributed by atoms with Crippen molar-refractivity contribution in [2.45, 2.75) is 62.3 Å². The van der Waals surface area contributed by atoms with Crippen molar-refractivity contribution in [2.75, 3.05) is 0 Å². The van der Waals surface area contributed by atoms with E-state index in [1.165, 1.54) is 32.3 Å². The first-order valence-corrected chi connectivity index (χ1v) is 20.0. The predicted molar refractivity (Wildman–Crippen MR) is 150 cm³/mol. The molecule has 176 valence electrons. The summed E-state index contributed by atoms with van der Waals surface area (Å²) in [4.78, 5) is 0. The van der Waals surface area contributed by atoms with E-state index in [0.29, 0.717) is 0 Å². The summed E-state index contributed by atoms with van der Waals surface area (Å²) in [5.74, 6) is 0. The van der Waals surface area contributed by atoms with Crippen LogP contribution >= 0.6 is 0 Å². The molecule has 0 heterocycles. The predicted octanol–water partition coefficient (Wildman–Crippen LogP) is 7.46. The van der Waals surface area contributed by atoms with E-state index in [1.54, 1.807) is 15.0 Å². The minimum atomic E-state index is -2.57. The Labute approximate surface area is 212 Å². The molecule has 0 fully saturated rings. The summed E-state index contributed by atoms with van der Waals surface area (Å²) in [6.07, 6.45) is 0. The maximum atomic E-state index is 2.62. The fourth-order valence-corrected chi connectivity index (χ4v) is 20.4. The van der Waals surface area contributed by atoms with Crippen molar-refractivity contribution in [3.8, 4) is 0 Å². The zero-order chi connectivity index (χ0) is 24.9. The molecular weight excluding hydrogens is 460 g/mol. The van der Waals surface area contributed by atoms with Crippen molar-refractivity contribution < 1.29 is 16.6 Å². The van der Waals surface area contributed by atoms with Gasteiger partial charge in [0.15, 0.2) is 0 Å². The van der Waals surface area contributed by atoms with Crippen molar-refractivity contribution in [2.24, 2.45) is 0 Å². The monoisotopic (exact) mass is 500 g/mol. The van der Waals surface area contributed by atoms with Crippen LogP contribution in [0.4, 0.5) is 0 Å². The van der Waals surface area contributed by atoms with E-state index in [0.717, 1.165) is 0 Å². The molecule has 0 aliphatic heterocycles. The van der Waals surface area contributed by atoms with Crippen LogP contribution < -0.4 is 15.6 Å². The van der Waals surface area contributed by atoms with E-state index < -0.39 is 24.7 Å². The molecule has 0 saturated carbocycles. The molecule has 1 atom stereocenters. The fourth-order valence-electron chi connectivity index (χ4n) is 7.00. The number of hydrogen-bond donors (Lipinski definition) is 0. The molecule has 1 unspecified atom stereocenters. The van der Waals surface area contributed by atoms with E-state index >= 15 is 0 Å². The summed E-state index contributed by atoms with van der Waals surface area (Å²) < 4.78 is 1.79. The zero-order valence-electron chi connectivity index (χ0n) is 22.5. The van der Waals surface area contributed by atoms with Gasteiger partial charge in [-0.05, 0) is 0 Å². The summed E-state index contributed by atoms with van der Waals surface area (Å²) in [6, 6.07) is 30.4. The van der Waals surface area contributed by atoms with Crippen LogP contribution in [0.1, 0.15) is 38.8 Å². The average Bonchev–Trinajstić information content (AvgIpc) is 2.96. The van der Waals surface area contributed by atoms with Crippen LogP contribution in [-0.2, 0) is 16.6 Å². The number of allylic oxidation sites excluding steroid dienone is 4. The molecule has 3 aromatic carbocycles. The minimum absolute atomic E-state index is 0.0116. The Morgan fingerprint density at radius 3 is 1.50 bits per heavy atom. The molecule has 3 aromatic rings. The molecule has 1 aliphatic rings. The second kappa shape index (κ2) is 8.94. The van der Waals surface area contributed by atoms with Gasteiger partial charge in [0.05, 0.1) is 0 Å². The van der Waals surface area contributed by atoms with Crippen LogP contribution in [0.2, 0.25) is 20.7 Å². The van der Waals surface area contributed by atoms with Crippen LogP contribution in [0.3, 0.4) is 0 Å². The second-order valence-electron chi connectivity index (χ2n) is 11.5. The molecule has 0 nitrogen and oxygen atoms in total. The summed E-state index contributed by atoms with van der Waals surface area (Å²) >= 11 is -2.27. The molecule has 0 spiro atoms. The summed E-state index contributed by atoms with van der Waals surface area (Å²) in [5.41, 5.74) is 7.36. The Morgan fingerprint density at radius 2 is 1.06 bits per heavy atom. The van der Waals surface area contributed by atoms with E-state index in [2.05, 4.69) is 136 Å². The van der Waals surface area contributed by atoms with Gasteiger partial charge in [-0.3, -0.25) is 0 Å². The van der Waals surface area contributed by atoms with Crippen LogP contribution in [0.5, 0.6) is 0 Å². The molecule has 34 heavy (non-hydrogen) atoms. The van der Waals surface area contributed by atoms with Gasteiger partial charge in [-0.15, -0.1) is 0 Å². The van der Waals surface area contributed by atoms with Crippen LogP contribution in [-0.4, -0.2) is 8.07 Å². The maximum absolute atomic E-state index is 2.62. The molecule has 4 rings (SSSR count). The quantitative estimate of drug-likeness (QED) is 0.252. The van der Waals surface area contributed by atoms with Gasteiger partial charge in [-0.1, -0.05) is 0 Å². The van der Waals surface area contributed by atoms with Crippen molar-refractivity contribution in [3.05, 3.63) is 111 Å². The van der Waals surface area contributed by atoms with Crippen LogP contribution in [0.25, 0.3) is 0 Å². The Kier molecular flexibility index (Phi) is 6.62. The summed E-state index contributed by atoms with van der Waals surface area (Å²) in [7, 11) is -2.57. The van der Waals surface area contributed by atoms with E-state index in [4.69, 9.17) is 0 Å². The first kappa shape index (κ1) is 25.2. The van der Waals surface area contributed by atoms with Crippen molar-refractivity contribution in [1.29, 1.82) is 0 Å². The van der Waals surface area contributed by atoms with Crippen molar-refractivity contribution in [3.63, 3.8) is 0 Å². The van der Waals surface area contributed by atoms with Gasteiger partial charge in [0.2, 0.25) is 0 Å². The fraction of sp³-hybridized carbons (Fsp3) is 0.312. The van der Waals surface area contributed by atoms with Gasteiger partial charge in [-0.25, -0.2) is 0 Å². The Morgan fingerprint density at radius 1 is 0.588 bits per heavy atom. The third kappa shape index (κ3) is 3.68. The number of rotatable bonds is 5. The second-order valence-corrected chi connectivity index (χ2v) is 23.5. The van der Waals surface area contributed by atoms with E-state index in [9.17, 15) is 0 Å². The SMILES string of the molecule is CC1=C(C)C(C)([Si](c2ccccc2)(c2cccc(C)c2)c2cccc(C)c2)[C]([Ti]([CH3])([CH3])[CH3])=C1C. The van der Waals surface area contributed by atoms with E-state index in [1.807, 2.05) is 0 Å². The average molecular weight is 501 g/mol. The third-order valence-corrected chi connectivity index (χ3v) is 18.1. The topological polar surface area (TPSA) is 0 Å². The Balaban J connectivity index is 2.30. The molecular formula is C32H40SiTi. The van der Waals surface area contributed by atoms with E-state index in [-0.39, 0.29) is 5.04 Å². The zero-order valence-corrected chi connectivity index (χ0v) is 25.1. The molecule has 0 amide bonds. The van der Waals surface area contributed by atoms with Crippen LogP contribution in [0.15, 0.2) is 99.5 Å². The van der Waals surface area contributed by atoms with Crippen LogP contribution in [0, 0.1) is 13.8 Å². The van der Waals surface area contributed by atoms with Gasteiger partial charge in [0.25, 0.3) is 0 Å².